The number of hydrogen-bond donors (Lipinski definition) is 0. The maximum Gasteiger partial charge on any atom is 0.236 e. The molecule has 0 N–H and O–H groups in total. The fourth-order valence-electron chi connectivity index (χ4n) is 3.55. The molecule has 4 nitrogen and oxygen atoms in total. The van der Waals surface area contributed by atoms with E-state index in [0.29, 0.717) is 17.9 Å². The van der Waals surface area contributed by atoms with E-state index >= 15 is 0 Å². The predicted molar refractivity (Wildman–Crippen MR) is 110 cm³/mol. The average molecular weight is 368 g/mol. The lowest BCUT2D eigenvalue weighted by Gasteiger charge is -2.27. The quantitative estimate of drug-likeness (QED) is 0.453. The van der Waals surface area contributed by atoms with Crippen LogP contribution in [0.5, 0.6) is 5.75 Å². The number of rotatable bonds is 4. The smallest absolute Gasteiger partial charge is 0.236 e. The van der Waals surface area contributed by atoms with Gasteiger partial charge in [-0.15, -0.1) is 0 Å². The van der Waals surface area contributed by atoms with Gasteiger partial charge in [0.25, 0.3) is 0 Å². The number of hydrogen-bond acceptors (Lipinski definition) is 4. The molecule has 0 fully saturated rings. The highest BCUT2D eigenvalue weighted by Crippen LogP contribution is 2.46. The second-order valence-corrected chi connectivity index (χ2v) is 6.66. The normalized spacial score (nSPS) is 16.0. The third-order valence-electron chi connectivity index (χ3n) is 4.89. The van der Waals surface area contributed by atoms with Gasteiger partial charge in [-0.25, -0.2) is 0 Å². The summed E-state index contributed by atoms with van der Waals surface area (Å²) in [5.41, 5.74) is 3.68. The number of aryl methyl sites for hydroxylation is 1. The van der Waals surface area contributed by atoms with Crippen molar-refractivity contribution in [2.75, 3.05) is 6.61 Å². The van der Waals surface area contributed by atoms with E-state index in [1.165, 1.54) is 12.0 Å². The molecule has 1 atom stereocenters. The van der Waals surface area contributed by atoms with E-state index in [1.807, 2.05) is 31.2 Å². The number of benzene rings is 3. The van der Waals surface area contributed by atoms with Crippen LogP contribution >= 0.6 is 0 Å². The molecular formula is C24H20N2O2. The van der Waals surface area contributed by atoms with Crippen molar-refractivity contribution in [1.82, 2.24) is 0 Å². The van der Waals surface area contributed by atoms with Crippen LogP contribution in [-0.4, -0.2) is 13.0 Å². The molecule has 0 aromatic heterocycles. The molecule has 1 unspecified atom stereocenters. The van der Waals surface area contributed by atoms with Crippen LogP contribution < -0.4 is 4.74 Å². The molecule has 1 aliphatic heterocycles. The lowest BCUT2D eigenvalue weighted by molar-refractivity contribution is 0.336. The lowest BCUT2D eigenvalue weighted by Crippen LogP contribution is -2.16. The van der Waals surface area contributed by atoms with Gasteiger partial charge in [0.15, 0.2) is 6.40 Å². The van der Waals surface area contributed by atoms with Crippen molar-refractivity contribution < 1.29 is 9.47 Å². The standard InChI is InChI=1S/C24H20N2O2/c1-3-27-15-26-24-20(14-25)22(18-10-8-16(2)9-11-18)23-19-7-5-4-6-17(19)12-13-21(23)28-24/h4-13,15,22H,3H2,1-2H3/b26-15+. The Morgan fingerprint density at radius 2 is 1.89 bits per heavy atom. The molecule has 3 aromatic carbocycles. The SMILES string of the molecule is CCO/C=N/C1=C(C#N)C(c2ccc(C)cc2)c2c(ccc3ccccc23)O1. The third-order valence-corrected chi connectivity index (χ3v) is 4.89. The molecule has 138 valence electrons. The van der Waals surface area contributed by atoms with E-state index in [4.69, 9.17) is 9.47 Å². The van der Waals surface area contributed by atoms with Gasteiger partial charge in [0.05, 0.1) is 12.5 Å². The molecule has 0 bridgehead atoms. The number of fused-ring (bicyclic) bond motifs is 3. The zero-order valence-corrected chi connectivity index (χ0v) is 15.8. The molecule has 28 heavy (non-hydrogen) atoms. The van der Waals surface area contributed by atoms with Crippen molar-refractivity contribution >= 4 is 17.2 Å². The summed E-state index contributed by atoms with van der Waals surface area (Å²) in [6.07, 6.45) is 1.34. The van der Waals surface area contributed by atoms with Crippen LogP contribution in [0.4, 0.5) is 0 Å². The Kier molecular flexibility index (Phi) is 4.82. The molecule has 1 aliphatic rings. The van der Waals surface area contributed by atoms with E-state index in [9.17, 15) is 5.26 Å². The maximum atomic E-state index is 10.00. The van der Waals surface area contributed by atoms with Gasteiger partial charge < -0.3 is 9.47 Å². The molecule has 1 heterocycles. The number of nitriles is 1. The van der Waals surface area contributed by atoms with Gasteiger partial charge in [0.2, 0.25) is 5.88 Å². The van der Waals surface area contributed by atoms with E-state index < -0.39 is 0 Å². The molecule has 0 aliphatic carbocycles. The summed E-state index contributed by atoms with van der Waals surface area (Å²) in [6.45, 7) is 4.43. The van der Waals surface area contributed by atoms with Crippen molar-refractivity contribution in [1.29, 1.82) is 5.26 Å². The summed E-state index contributed by atoms with van der Waals surface area (Å²) in [5.74, 6) is 0.741. The summed E-state index contributed by atoms with van der Waals surface area (Å²) >= 11 is 0. The summed E-state index contributed by atoms with van der Waals surface area (Å²) < 4.78 is 11.3. The second kappa shape index (κ2) is 7.58. The monoisotopic (exact) mass is 368 g/mol. The Bertz CT molecular complexity index is 1120. The maximum absolute atomic E-state index is 10.00. The average Bonchev–Trinajstić information content (AvgIpc) is 2.73. The van der Waals surface area contributed by atoms with Gasteiger partial charge in [0, 0.05) is 5.56 Å². The van der Waals surface area contributed by atoms with Gasteiger partial charge in [-0.05, 0) is 36.2 Å². The van der Waals surface area contributed by atoms with Gasteiger partial charge in [-0.1, -0.05) is 60.2 Å². The highest BCUT2D eigenvalue weighted by atomic mass is 16.5. The highest BCUT2D eigenvalue weighted by molar-refractivity contribution is 5.90. The minimum atomic E-state index is -0.255. The number of nitrogens with zero attached hydrogens (tertiary/aromatic N) is 2. The van der Waals surface area contributed by atoms with Crippen molar-refractivity contribution in [2.45, 2.75) is 19.8 Å². The fourth-order valence-corrected chi connectivity index (χ4v) is 3.55. The summed E-state index contributed by atoms with van der Waals surface area (Å²) in [6, 6.07) is 22.7. The summed E-state index contributed by atoms with van der Waals surface area (Å²) in [5, 5.41) is 12.2. The van der Waals surface area contributed by atoms with Crippen molar-refractivity contribution in [3.8, 4) is 11.8 Å². The minimum Gasteiger partial charge on any atom is -0.483 e. The molecule has 4 heteroatoms. The number of aliphatic imine (C=N–C) groups is 1. The highest BCUT2D eigenvalue weighted by Gasteiger charge is 2.33. The molecule has 0 radical (unpaired) electrons. The second-order valence-electron chi connectivity index (χ2n) is 6.66. The van der Waals surface area contributed by atoms with Crippen molar-refractivity contribution in [3.05, 3.63) is 88.8 Å². The first-order valence-electron chi connectivity index (χ1n) is 9.27. The van der Waals surface area contributed by atoms with Crippen LogP contribution in [-0.2, 0) is 4.74 Å². The van der Waals surface area contributed by atoms with Gasteiger partial charge in [-0.2, -0.15) is 10.3 Å². The van der Waals surface area contributed by atoms with Crippen LogP contribution in [0.25, 0.3) is 10.8 Å². The van der Waals surface area contributed by atoms with Crippen molar-refractivity contribution in [3.63, 3.8) is 0 Å². The Labute approximate surface area is 164 Å². The van der Waals surface area contributed by atoms with Crippen LogP contribution in [0.3, 0.4) is 0 Å². The Morgan fingerprint density at radius 3 is 2.64 bits per heavy atom. The first-order valence-corrected chi connectivity index (χ1v) is 9.27. The van der Waals surface area contributed by atoms with Crippen LogP contribution in [0.2, 0.25) is 0 Å². The topological polar surface area (TPSA) is 54.6 Å². The van der Waals surface area contributed by atoms with E-state index in [1.54, 1.807) is 0 Å². The Balaban J connectivity index is 1.98. The van der Waals surface area contributed by atoms with Gasteiger partial charge >= 0.3 is 0 Å². The first kappa shape index (κ1) is 17.8. The van der Waals surface area contributed by atoms with Gasteiger partial charge in [0.1, 0.15) is 17.4 Å². The van der Waals surface area contributed by atoms with Gasteiger partial charge in [-0.3, -0.25) is 0 Å². The lowest BCUT2D eigenvalue weighted by atomic mass is 9.81. The van der Waals surface area contributed by atoms with Crippen LogP contribution in [0, 0.1) is 18.3 Å². The van der Waals surface area contributed by atoms with E-state index in [2.05, 4.69) is 54.4 Å². The molecule has 0 saturated carbocycles. The molecular weight excluding hydrogens is 348 g/mol. The summed E-state index contributed by atoms with van der Waals surface area (Å²) in [7, 11) is 0. The zero-order chi connectivity index (χ0) is 19.5. The zero-order valence-electron chi connectivity index (χ0n) is 15.8. The van der Waals surface area contributed by atoms with Crippen LogP contribution in [0.1, 0.15) is 29.5 Å². The Hall–Kier alpha value is -3.58. The fraction of sp³-hybridized carbons (Fsp3) is 0.167. The number of allylic oxidation sites excluding steroid dienone is 1. The number of ether oxygens (including phenoxy) is 2. The minimum absolute atomic E-state index is 0.255. The molecule has 0 amide bonds. The Morgan fingerprint density at radius 1 is 1.11 bits per heavy atom. The largest absolute Gasteiger partial charge is 0.483 e. The predicted octanol–water partition coefficient (Wildman–Crippen LogP) is 5.47. The molecule has 3 aromatic rings. The van der Waals surface area contributed by atoms with Crippen molar-refractivity contribution in [2.24, 2.45) is 4.99 Å². The molecule has 0 saturated heterocycles. The first-order chi connectivity index (χ1) is 13.7. The van der Waals surface area contributed by atoms with Crippen LogP contribution in [0.15, 0.2) is 77.1 Å². The van der Waals surface area contributed by atoms with E-state index in [-0.39, 0.29) is 11.8 Å². The molecule has 4 rings (SSSR count). The summed E-state index contributed by atoms with van der Waals surface area (Å²) in [4.78, 5) is 4.29. The van der Waals surface area contributed by atoms with E-state index in [0.717, 1.165) is 21.9 Å². The molecule has 0 spiro atoms. The third kappa shape index (κ3) is 3.12.